The quantitative estimate of drug-likeness (QED) is 0.823. The Morgan fingerprint density at radius 2 is 1.81 bits per heavy atom. The Morgan fingerprint density at radius 1 is 1.08 bits per heavy atom. The lowest BCUT2D eigenvalue weighted by Gasteiger charge is -2.14. The van der Waals surface area contributed by atoms with Crippen LogP contribution in [0, 0.1) is 0 Å². The molecule has 0 aromatic heterocycles. The van der Waals surface area contributed by atoms with Gasteiger partial charge in [0.2, 0.25) is 0 Å². The van der Waals surface area contributed by atoms with Crippen molar-refractivity contribution < 1.29 is 28.5 Å². The van der Waals surface area contributed by atoms with E-state index in [1.165, 1.54) is 25.7 Å². The number of amides is 1. The van der Waals surface area contributed by atoms with E-state index in [9.17, 15) is 9.59 Å². The number of rotatable bonds is 5. The van der Waals surface area contributed by atoms with Gasteiger partial charge in [0.05, 0.1) is 12.7 Å². The van der Waals surface area contributed by atoms with E-state index >= 15 is 0 Å². The molecule has 1 aliphatic rings. The highest BCUT2D eigenvalue weighted by Gasteiger charge is 2.20. The number of carbonyl (C=O) groups excluding carboxylic acids is 2. The maximum absolute atomic E-state index is 12.0. The summed E-state index contributed by atoms with van der Waals surface area (Å²) in [4.78, 5) is 23.9. The lowest BCUT2D eigenvalue weighted by atomic mass is 10.1. The molecular formula is C19H17NO6. The fourth-order valence-electron chi connectivity index (χ4n) is 2.37. The minimum absolute atomic E-state index is 0.134. The molecule has 7 nitrogen and oxygen atoms in total. The molecule has 1 amide bonds. The lowest BCUT2D eigenvalue weighted by molar-refractivity contribution is -0.0246. The predicted octanol–water partition coefficient (Wildman–Crippen LogP) is 3.74. The van der Waals surface area contributed by atoms with Crippen LogP contribution in [0.15, 0.2) is 61.1 Å². The number of hydrogen-bond donors (Lipinski definition) is 1. The molecule has 0 saturated heterocycles. The van der Waals surface area contributed by atoms with Crippen molar-refractivity contribution >= 4 is 17.7 Å². The molecule has 7 heteroatoms. The second kappa shape index (κ2) is 8.06. The Labute approximate surface area is 150 Å². The van der Waals surface area contributed by atoms with Gasteiger partial charge in [-0.15, -0.1) is 0 Å². The number of benzene rings is 2. The van der Waals surface area contributed by atoms with Gasteiger partial charge in [-0.25, -0.2) is 9.59 Å². The molecule has 0 fully saturated rings. The molecule has 0 spiro atoms. The highest BCUT2D eigenvalue weighted by Crippen LogP contribution is 2.28. The number of methoxy groups -OCH3 is 1. The van der Waals surface area contributed by atoms with Crippen LogP contribution in [-0.2, 0) is 25.6 Å². The Hall–Kier alpha value is -3.48. The number of anilines is 1. The first-order valence-electron chi connectivity index (χ1n) is 7.82. The zero-order valence-corrected chi connectivity index (χ0v) is 14.0. The molecule has 3 rings (SSSR count). The van der Waals surface area contributed by atoms with E-state index in [0.717, 1.165) is 5.56 Å². The van der Waals surface area contributed by atoms with Gasteiger partial charge in [-0.2, -0.15) is 0 Å². The van der Waals surface area contributed by atoms with E-state index in [1.54, 1.807) is 12.1 Å². The fourth-order valence-corrected chi connectivity index (χ4v) is 2.37. The van der Waals surface area contributed by atoms with Gasteiger partial charge in [-0.1, -0.05) is 30.3 Å². The molecule has 26 heavy (non-hydrogen) atoms. The molecule has 0 unspecified atom stereocenters. The van der Waals surface area contributed by atoms with Crippen LogP contribution in [0.4, 0.5) is 10.5 Å². The Balaban J connectivity index is 1.71. The van der Waals surface area contributed by atoms with E-state index in [2.05, 4.69) is 5.32 Å². The van der Waals surface area contributed by atoms with Crippen LogP contribution >= 0.6 is 0 Å². The van der Waals surface area contributed by atoms with E-state index < -0.39 is 18.4 Å². The third kappa shape index (κ3) is 4.32. The van der Waals surface area contributed by atoms with E-state index in [0.29, 0.717) is 11.3 Å². The summed E-state index contributed by atoms with van der Waals surface area (Å²) in [5.41, 5.74) is 2.03. The van der Waals surface area contributed by atoms with Crippen LogP contribution in [0.5, 0.6) is 0 Å². The van der Waals surface area contributed by atoms with Crippen LogP contribution < -0.4 is 5.32 Å². The minimum atomic E-state index is -0.694. The molecule has 0 aliphatic carbocycles. The fraction of sp³-hybridized carbons (Fsp3) is 0.158. The second-order valence-corrected chi connectivity index (χ2v) is 5.40. The number of nitrogens with one attached hydrogen (secondary N) is 1. The van der Waals surface area contributed by atoms with E-state index in [4.69, 9.17) is 18.9 Å². The van der Waals surface area contributed by atoms with Gasteiger partial charge in [-0.3, -0.25) is 5.32 Å². The number of hydrogen-bond acceptors (Lipinski definition) is 6. The molecule has 0 radical (unpaired) electrons. The number of ether oxygens (including phenoxy) is 4. The SMILES string of the molecule is COC(=O)c1cc(NC(=O)OCc2ccccc2)cc(C2OC=CO2)c1. The molecule has 0 bridgehead atoms. The van der Waals surface area contributed by atoms with E-state index in [-0.39, 0.29) is 12.2 Å². The second-order valence-electron chi connectivity index (χ2n) is 5.40. The normalized spacial score (nSPS) is 12.8. The van der Waals surface area contributed by atoms with Crippen LogP contribution in [0.25, 0.3) is 0 Å². The van der Waals surface area contributed by atoms with Crippen molar-refractivity contribution in [3.05, 3.63) is 77.7 Å². The lowest BCUT2D eigenvalue weighted by Crippen LogP contribution is -2.15. The van der Waals surface area contributed by atoms with Crippen molar-refractivity contribution in [3.8, 4) is 0 Å². The maximum Gasteiger partial charge on any atom is 0.411 e. The van der Waals surface area contributed by atoms with Crippen molar-refractivity contribution in [1.82, 2.24) is 0 Å². The highest BCUT2D eigenvalue weighted by atomic mass is 16.7. The summed E-state index contributed by atoms with van der Waals surface area (Å²) in [7, 11) is 1.28. The third-order valence-corrected chi connectivity index (χ3v) is 3.57. The van der Waals surface area contributed by atoms with Gasteiger partial charge in [0.15, 0.2) is 0 Å². The molecule has 0 saturated carbocycles. The molecule has 134 valence electrons. The summed E-state index contributed by atoms with van der Waals surface area (Å²) in [6.45, 7) is 0.134. The zero-order chi connectivity index (χ0) is 18.4. The van der Waals surface area contributed by atoms with Gasteiger partial charge in [0.25, 0.3) is 6.29 Å². The first-order chi connectivity index (χ1) is 12.7. The third-order valence-electron chi connectivity index (χ3n) is 3.57. The number of esters is 1. The topological polar surface area (TPSA) is 83.1 Å². The van der Waals surface area contributed by atoms with Crippen LogP contribution in [-0.4, -0.2) is 19.2 Å². The smallest absolute Gasteiger partial charge is 0.411 e. The first kappa shape index (κ1) is 17.3. The van der Waals surface area contributed by atoms with Gasteiger partial charge in [0, 0.05) is 11.3 Å². The summed E-state index contributed by atoms with van der Waals surface area (Å²) < 4.78 is 20.5. The average molecular weight is 355 g/mol. The maximum atomic E-state index is 12.0. The molecule has 2 aromatic rings. The van der Waals surface area contributed by atoms with Gasteiger partial charge < -0.3 is 18.9 Å². The summed E-state index contributed by atoms with van der Waals surface area (Å²) in [6.07, 6.45) is 1.46. The summed E-state index contributed by atoms with van der Waals surface area (Å²) in [5.74, 6) is -0.543. The first-order valence-corrected chi connectivity index (χ1v) is 7.82. The van der Waals surface area contributed by atoms with Crippen LogP contribution in [0.2, 0.25) is 0 Å². The van der Waals surface area contributed by atoms with Crippen molar-refractivity contribution in [1.29, 1.82) is 0 Å². The monoisotopic (exact) mass is 355 g/mol. The molecule has 1 heterocycles. The largest absolute Gasteiger partial charge is 0.465 e. The summed E-state index contributed by atoms with van der Waals surface area (Å²) >= 11 is 0. The van der Waals surface area contributed by atoms with Crippen LogP contribution in [0.3, 0.4) is 0 Å². The molecule has 0 atom stereocenters. The van der Waals surface area contributed by atoms with Gasteiger partial charge in [0.1, 0.15) is 19.1 Å². The van der Waals surface area contributed by atoms with Gasteiger partial charge >= 0.3 is 12.1 Å². The molecule has 1 N–H and O–H groups in total. The van der Waals surface area contributed by atoms with Gasteiger partial charge in [-0.05, 0) is 23.8 Å². The van der Waals surface area contributed by atoms with Crippen molar-refractivity contribution in [3.63, 3.8) is 0 Å². The Kier molecular flexibility index (Phi) is 5.38. The summed E-state index contributed by atoms with van der Waals surface area (Å²) in [5, 5.41) is 2.59. The van der Waals surface area contributed by atoms with Crippen molar-refractivity contribution in [2.24, 2.45) is 0 Å². The highest BCUT2D eigenvalue weighted by molar-refractivity contribution is 5.93. The Bertz CT molecular complexity index is 810. The van der Waals surface area contributed by atoms with Crippen molar-refractivity contribution in [2.75, 3.05) is 12.4 Å². The van der Waals surface area contributed by atoms with Crippen molar-refractivity contribution in [2.45, 2.75) is 12.9 Å². The zero-order valence-electron chi connectivity index (χ0n) is 14.0. The Morgan fingerprint density at radius 3 is 2.50 bits per heavy atom. The van der Waals surface area contributed by atoms with Crippen LogP contribution in [0.1, 0.15) is 27.8 Å². The average Bonchev–Trinajstić information content (AvgIpc) is 3.21. The minimum Gasteiger partial charge on any atom is -0.465 e. The van der Waals surface area contributed by atoms with E-state index in [1.807, 2.05) is 30.3 Å². The molecule has 2 aromatic carbocycles. The molecular weight excluding hydrogens is 338 g/mol. The predicted molar refractivity (Wildman–Crippen MR) is 92.1 cm³/mol. The summed E-state index contributed by atoms with van der Waals surface area (Å²) in [6, 6.07) is 14.0. The molecule has 1 aliphatic heterocycles. The number of carbonyl (C=O) groups is 2. The standard InChI is InChI=1S/C19H17NO6/c1-23-17(21)14-9-15(18-24-7-8-25-18)11-16(10-14)20-19(22)26-12-13-5-3-2-4-6-13/h2-11,18H,12H2,1H3,(H,20,22).